The van der Waals surface area contributed by atoms with Crippen LogP contribution in [0.2, 0.25) is 0 Å². The second kappa shape index (κ2) is 3.91. The van der Waals surface area contributed by atoms with Gasteiger partial charge in [0.25, 0.3) is 0 Å². The lowest BCUT2D eigenvalue weighted by molar-refractivity contribution is 0.359. The lowest BCUT2D eigenvalue weighted by atomic mass is 9.93. The van der Waals surface area contributed by atoms with E-state index in [1.807, 2.05) is 6.07 Å². The van der Waals surface area contributed by atoms with E-state index >= 15 is 0 Å². The Kier molecular flexibility index (Phi) is 2.76. The van der Waals surface area contributed by atoms with Crippen LogP contribution in [-0.2, 0) is 6.42 Å². The molecule has 1 aromatic carbocycles. The molecule has 0 spiro atoms. The van der Waals surface area contributed by atoms with Crippen LogP contribution in [0.1, 0.15) is 25.3 Å². The van der Waals surface area contributed by atoms with E-state index in [4.69, 9.17) is 5.84 Å². The molecule has 0 bridgehead atoms. The van der Waals surface area contributed by atoms with E-state index < -0.39 is 0 Å². The molecule has 1 aliphatic carbocycles. The molecular weight excluding hydrogens is 191 g/mol. The molecule has 3 heteroatoms. The number of rotatable bonds is 4. The highest BCUT2D eigenvalue weighted by Crippen LogP contribution is 2.48. The standard InChI is InChI=1S/C12H17FN2/c1-12(5-6-12)11(15-14)8-9-3-2-4-10(13)7-9/h2-4,7,11,15H,5-6,8,14H2,1H3. The van der Waals surface area contributed by atoms with Crippen LogP contribution < -0.4 is 11.3 Å². The van der Waals surface area contributed by atoms with Crippen LogP contribution in [-0.4, -0.2) is 6.04 Å². The average molecular weight is 208 g/mol. The fourth-order valence-corrected chi connectivity index (χ4v) is 1.95. The number of hydrogen-bond acceptors (Lipinski definition) is 2. The number of nitrogens with one attached hydrogen (secondary N) is 1. The number of nitrogens with two attached hydrogens (primary N) is 1. The molecule has 1 unspecified atom stereocenters. The molecule has 82 valence electrons. The van der Waals surface area contributed by atoms with Gasteiger partial charge in [-0.05, 0) is 42.4 Å². The molecule has 3 N–H and O–H groups in total. The summed E-state index contributed by atoms with van der Waals surface area (Å²) in [6.45, 7) is 2.22. The van der Waals surface area contributed by atoms with Crippen LogP contribution in [0.15, 0.2) is 24.3 Å². The third-order valence-corrected chi connectivity index (χ3v) is 3.41. The van der Waals surface area contributed by atoms with Crippen LogP contribution in [0.4, 0.5) is 4.39 Å². The Morgan fingerprint density at radius 2 is 2.27 bits per heavy atom. The predicted octanol–water partition coefficient (Wildman–Crippen LogP) is 2.00. The molecule has 15 heavy (non-hydrogen) atoms. The summed E-state index contributed by atoms with van der Waals surface area (Å²) >= 11 is 0. The molecule has 0 amide bonds. The summed E-state index contributed by atoms with van der Waals surface area (Å²) in [6, 6.07) is 6.98. The van der Waals surface area contributed by atoms with Crippen molar-refractivity contribution in [1.29, 1.82) is 0 Å². The Bertz CT molecular complexity index is 347. The number of hydrogen-bond donors (Lipinski definition) is 2. The van der Waals surface area contributed by atoms with Crippen molar-refractivity contribution in [3.63, 3.8) is 0 Å². The Morgan fingerprint density at radius 1 is 1.53 bits per heavy atom. The van der Waals surface area contributed by atoms with E-state index in [1.165, 1.54) is 18.9 Å². The van der Waals surface area contributed by atoms with Crippen molar-refractivity contribution in [3.05, 3.63) is 35.6 Å². The second-order valence-electron chi connectivity index (χ2n) is 4.71. The van der Waals surface area contributed by atoms with E-state index in [9.17, 15) is 4.39 Å². The quantitative estimate of drug-likeness (QED) is 0.586. The van der Waals surface area contributed by atoms with Gasteiger partial charge in [0, 0.05) is 6.04 Å². The van der Waals surface area contributed by atoms with Crippen LogP contribution in [0.3, 0.4) is 0 Å². The van der Waals surface area contributed by atoms with Gasteiger partial charge in [-0.2, -0.15) is 0 Å². The van der Waals surface area contributed by atoms with Gasteiger partial charge in [-0.1, -0.05) is 19.1 Å². The zero-order chi connectivity index (χ0) is 10.9. The van der Waals surface area contributed by atoms with Crippen LogP contribution >= 0.6 is 0 Å². The maximum absolute atomic E-state index is 13.0. The molecule has 1 atom stereocenters. The minimum Gasteiger partial charge on any atom is -0.271 e. The molecule has 0 radical (unpaired) electrons. The van der Waals surface area contributed by atoms with Gasteiger partial charge >= 0.3 is 0 Å². The summed E-state index contributed by atoms with van der Waals surface area (Å²) in [5.74, 6) is 5.36. The summed E-state index contributed by atoms with van der Waals surface area (Å²) in [4.78, 5) is 0. The zero-order valence-corrected chi connectivity index (χ0v) is 8.96. The minimum atomic E-state index is -0.177. The first-order chi connectivity index (χ1) is 7.14. The molecule has 0 aliphatic heterocycles. The summed E-state index contributed by atoms with van der Waals surface area (Å²) in [6.07, 6.45) is 3.21. The SMILES string of the molecule is CC1(C(Cc2cccc(F)c2)NN)CC1. The smallest absolute Gasteiger partial charge is 0.123 e. The van der Waals surface area contributed by atoms with Crippen molar-refractivity contribution in [1.82, 2.24) is 5.43 Å². The highest BCUT2D eigenvalue weighted by Gasteiger charge is 2.44. The number of benzene rings is 1. The highest BCUT2D eigenvalue weighted by atomic mass is 19.1. The van der Waals surface area contributed by atoms with Crippen molar-refractivity contribution in [2.75, 3.05) is 0 Å². The van der Waals surface area contributed by atoms with Gasteiger partial charge in [0.2, 0.25) is 0 Å². The molecule has 1 fully saturated rings. The maximum atomic E-state index is 13.0. The molecule has 0 heterocycles. The van der Waals surface area contributed by atoms with Gasteiger partial charge in [-0.15, -0.1) is 0 Å². The van der Waals surface area contributed by atoms with Gasteiger partial charge < -0.3 is 0 Å². The Morgan fingerprint density at radius 3 is 2.80 bits per heavy atom. The summed E-state index contributed by atoms with van der Waals surface area (Å²) in [7, 11) is 0. The van der Waals surface area contributed by atoms with Crippen LogP contribution in [0, 0.1) is 11.2 Å². The van der Waals surface area contributed by atoms with E-state index in [0.29, 0.717) is 5.41 Å². The largest absolute Gasteiger partial charge is 0.271 e. The van der Waals surface area contributed by atoms with Gasteiger partial charge in [0.05, 0.1) is 0 Å². The van der Waals surface area contributed by atoms with E-state index in [0.717, 1.165) is 12.0 Å². The first kappa shape index (κ1) is 10.6. The highest BCUT2D eigenvalue weighted by molar-refractivity contribution is 5.19. The lowest BCUT2D eigenvalue weighted by Crippen LogP contribution is -2.42. The Labute approximate surface area is 89.6 Å². The molecule has 1 aliphatic rings. The normalized spacial score (nSPS) is 19.9. The molecule has 0 saturated heterocycles. The number of hydrazine groups is 1. The topological polar surface area (TPSA) is 38.0 Å². The van der Waals surface area contributed by atoms with Crippen LogP contribution in [0.5, 0.6) is 0 Å². The third-order valence-electron chi connectivity index (χ3n) is 3.41. The fourth-order valence-electron chi connectivity index (χ4n) is 1.95. The average Bonchev–Trinajstić information content (AvgIpc) is 2.94. The predicted molar refractivity (Wildman–Crippen MR) is 58.6 cm³/mol. The van der Waals surface area contributed by atoms with Crippen LogP contribution in [0.25, 0.3) is 0 Å². The van der Waals surface area contributed by atoms with Crippen molar-refractivity contribution in [2.45, 2.75) is 32.2 Å². The fraction of sp³-hybridized carbons (Fsp3) is 0.500. The van der Waals surface area contributed by atoms with Crippen molar-refractivity contribution in [2.24, 2.45) is 11.3 Å². The summed E-state index contributed by atoms with van der Waals surface area (Å²) in [5.41, 5.74) is 4.16. The minimum absolute atomic E-state index is 0.177. The first-order valence-electron chi connectivity index (χ1n) is 5.35. The molecule has 1 aromatic rings. The van der Waals surface area contributed by atoms with E-state index in [2.05, 4.69) is 12.3 Å². The lowest BCUT2D eigenvalue weighted by Gasteiger charge is -2.22. The third kappa shape index (κ3) is 2.36. The van der Waals surface area contributed by atoms with Gasteiger partial charge in [0.15, 0.2) is 0 Å². The van der Waals surface area contributed by atoms with Gasteiger partial charge in [0.1, 0.15) is 5.82 Å². The maximum Gasteiger partial charge on any atom is 0.123 e. The van der Waals surface area contributed by atoms with Crippen molar-refractivity contribution >= 4 is 0 Å². The molecule has 0 aromatic heterocycles. The molecular formula is C12H17FN2. The molecule has 2 nitrogen and oxygen atoms in total. The molecule has 2 rings (SSSR count). The second-order valence-corrected chi connectivity index (χ2v) is 4.71. The summed E-state index contributed by atoms with van der Waals surface area (Å²) < 4.78 is 13.0. The van der Waals surface area contributed by atoms with Crippen molar-refractivity contribution in [3.8, 4) is 0 Å². The van der Waals surface area contributed by atoms with Gasteiger partial charge in [-0.25, -0.2) is 4.39 Å². The van der Waals surface area contributed by atoms with Crippen molar-refractivity contribution < 1.29 is 4.39 Å². The Hall–Kier alpha value is -0.930. The van der Waals surface area contributed by atoms with E-state index in [-0.39, 0.29) is 11.9 Å². The van der Waals surface area contributed by atoms with E-state index in [1.54, 1.807) is 12.1 Å². The number of halogens is 1. The Balaban J connectivity index is 2.06. The molecule has 1 saturated carbocycles. The summed E-state index contributed by atoms with van der Waals surface area (Å²) in [5, 5.41) is 0. The zero-order valence-electron chi connectivity index (χ0n) is 8.96. The first-order valence-corrected chi connectivity index (χ1v) is 5.35. The van der Waals surface area contributed by atoms with Gasteiger partial charge in [-0.3, -0.25) is 11.3 Å². The monoisotopic (exact) mass is 208 g/mol.